The summed E-state index contributed by atoms with van der Waals surface area (Å²) in [5.74, 6) is -0.434. The Bertz CT molecular complexity index is 4500. The number of nitrogens with zero attached hydrogens (tertiary/aromatic N) is 18. The first kappa shape index (κ1) is 82.0. The number of thiazole rings is 3. The molecule has 0 atom stereocenters. The number of aromatic nitrogens is 6. The van der Waals surface area contributed by atoms with Crippen molar-refractivity contribution in [2.45, 2.75) is 193 Å². The van der Waals surface area contributed by atoms with Crippen molar-refractivity contribution in [2.24, 2.45) is 46.9 Å². The van der Waals surface area contributed by atoms with Gasteiger partial charge in [-0.2, -0.15) is 0 Å². The van der Waals surface area contributed by atoms with Crippen LogP contribution >= 0.6 is 68.6 Å². The minimum absolute atomic E-state index is 0.0533. The average molecular weight is 1540 g/mol. The molecule has 2 saturated heterocycles. The number of esters is 3. The van der Waals surface area contributed by atoms with Crippen LogP contribution in [0.4, 0.5) is 62.5 Å². The number of anilines is 3. The summed E-state index contributed by atoms with van der Waals surface area (Å²) in [6, 6.07) is 19.5. The molecule has 0 amide bonds. The standard InChI is InChI=1S/C27H34N6O2S2.C25H28N6O2S2.C23H32N6O2S2/c1-9-27(6,7)24(34)35-17-16-33(10-2)25-29-21(26(3,4)5)23(36-25)31-30-22-20(28-8)19(32-37-22)18-14-12-11-13-15-18;1-6-25(3,4)23(32)33-18-12-14-31(15-13-18)24-27-20(17-10-8-7-9-11-17)21(34-24)28-29-22-19(26-5)16(2)30-35-22;1-9-23(6,7)20(30)31-15-10-12-29(13-11-15)21-25-17(22(3,4)5)19(32-21)27-26-18-16(24-8)14(2)28-33-18/h11-15H,9-10,16-17H2,1-7H3;7-11,18H,6,12-15H2,1-4H3;15H,9-13H2,1-7H3. The lowest BCUT2D eigenvalue weighted by molar-refractivity contribution is -0.161. The van der Waals surface area contributed by atoms with Gasteiger partial charge in [-0.05, 0) is 122 Å². The Balaban J connectivity index is 0.000000199. The van der Waals surface area contributed by atoms with E-state index in [4.69, 9.17) is 48.9 Å². The third kappa shape index (κ3) is 21.1. The normalized spacial score (nSPS) is 14.2. The largest absolute Gasteiger partial charge is 0.463 e. The van der Waals surface area contributed by atoms with Crippen molar-refractivity contribution < 1.29 is 28.6 Å². The number of hydrogen-bond donors (Lipinski definition) is 0. The van der Waals surface area contributed by atoms with Crippen LogP contribution in [-0.2, 0) is 39.4 Å². The van der Waals surface area contributed by atoms with Crippen LogP contribution in [0.25, 0.3) is 37.0 Å². The van der Waals surface area contributed by atoms with Gasteiger partial charge >= 0.3 is 17.9 Å². The second-order valence-corrected chi connectivity index (χ2v) is 34.4. The van der Waals surface area contributed by atoms with E-state index in [1.54, 1.807) is 13.8 Å². The molecule has 0 N–H and O–H groups in total. The van der Waals surface area contributed by atoms with Crippen molar-refractivity contribution in [3.8, 4) is 22.5 Å². The van der Waals surface area contributed by atoms with Gasteiger partial charge < -0.3 is 28.9 Å². The maximum atomic E-state index is 12.5. The molecular formula is C75H94N18O6S6. The number of carbonyl (C=O) groups excluding carboxylic acids is 3. The number of azo groups is 3. The summed E-state index contributed by atoms with van der Waals surface area (Å²) in [4.78, 5) is 69.2. The van der Waals surface area contributed by atoms with E-state index in [1.807, 2.05) is 130 Å². The van der Waals surface area contributed by atoms with Crippen molar-refractivity contribution in [3.63, 3.8) is 0 Å². The molecule has 0 radical (unpaired) electrons. The second kappa shape index (κ2) is 36.1. The summed E-state index contributed by atoms with van der Waals surface area (Å²) in [5, 5.41) is 32.8. The predicted molar refractivity (Wildman–Crippen MR) is 425 cm³/mol. The fourth-order valence-corrected chi connectivity index (χ4v) is 15.4. The summed E-state index contributed by atoms with van der Waals surface area (Å²) < 4.78 is 30.0. The molecule has 2 aliphatic rings. The summed E-state index contributed by atoms with van der Waals surface area (Å²) in [5.41, 5.74) is 5.71. The van der Waals surface area contributed by atoms with Crippen molar-refractivity contribution in [2.75, 3.05) is 60.6 Å². The highest BCUT2D eigenvalue weighted by molar-refractivity contribution is 7.20. The van der Waals surface area contributed by atoms with Crippen LogP contribution in [0.2, 0.25) is 0 Å². The van der Waals surface area contributed by atoms with Crippen LogP contribution in [0.5, 0.6) is 0 Å². The number of benzene rings is 2. The molecule has 24 nitrogen and oxygen atoms in total. The first-order valence-corrected chi connectivity index (χ1v) is 39.8. The number of piperidine rings is 2. The molecule has 8 heterocycles. The lowest BCUT2D eigenvalue weighted by Gasteiger charge is -2.33. The Kier molecular flexibility index (Phi) is 28.1. The Hall–Kier alpha value is -8.70. The van der Waals surface area contributed by atoms with Gasteiger partial charge in [0, 0.05) is 74.8 Å². The number of ether oxygens (including phenoxy) is 3. The van der Waals surface area contributed by atoms with Gasteiger partial charge in [0.1, 0.15) is 24.5 Å². The van der Waals surface area contributed by atoms with Crippen molar-refractivity contribution in [3.05, 3.63) is 118 Å². The smallest absolute Gasteiger partial charge is 0.311 e. The number of rotatable bonds is 23. The van der Waals surface area contributed by atoms with Crippen LogP contribution < -0.4 is 14.7 Å². The molecule has 2 aromatic carbocycles. The molecule has 556 valence electrons. The van der Waals surface area contributed by atoms with E-state index in [-0.39, 0.29) is 47.6 Å². The molecule has 10 rings (SSSR count). The molecule has 105 heavy (non-hydrogen) atoms. The highest BCUT2D eigenvalue weighted by Gasteiger charge is 2.36. The van der Waals surface area contributed by atoms with E-state index >= 15 is 0 Å². The molecular weight excluding hydrogens is 1440 g/mol. The maximum absolute atomic E-state index is 12.5. The number of carbonyl (C=O) groups is 3. The van der Waals surface area contributed by atoms with E-state index in [9.17, 15) is 14.4 Å². The average Bonchev–Trinajstić information content (AvgIpc) is 1.64. The van der Waals surface area contributed by atoms with Gasteiger partial charge in [-0.25, -0.2) is 42.6 Å². The number of likely N-dealkylation sites (N-methyl/N-ethyl adjacent to an activating group) is 1. The van der Waals surface area contributed by atoms with Crippen LogP contribution in [-0.4, -0.2) is 104 Å². The van der Waals surface area contributed by atoms with E-state index in [0.29, 0.717) is 72.2 Å². The van der Waals surface area contributed by atoms with Crippen LogP contribution in [0.1, 0.15) is 179 Å². The van der Waals surface area contributed by atoms with Gasteiger partial charge in [0.05, 0.1) is 71.0 Å². The van der Waals surface area contributed by atoms with E-state index in [0.717, 1.165) is 131 Å². The molecule has 0 spiro atoms. The van der Waals surface area contributed by atoms with Gasteiger partial charge in [-0.3, -0.25) is 14.4 Å². The molecule has 6 aromatic heterocycles. The zero-order valence-electron chi connectivity index (χ0n) is 63.3. The van der Waals surface area contributed by atoms with E-state index < -0.39 is 16.2 Å². The minimum Gasteiger partial charge on any atom is -0.463 e. The fourth-order valence-electron chi connectivity index (χ4n) is 10.1. The van der Waals surface area contributed by atoms with E-state index in [1.165, 1.54) is 57.1 Å². The lowest BCUT2D eigenvalue weighted by atomic mass is 9.90. The van der Waals surface area contributed by atoms with Crippen molar-refractivity contribution in [1.82, 2.24) is 28.1 Å². The Morgan fingerprint density at radius 1 is 0.495 bits per heavy atom. The van der Waals surface area contributed by atoms with Gasteiger partial charge in [-0.15, -0.1) is 30.7 Å². The topological polar surface area (TPSA) is 253 Å². The first-order valence-electron chi connectivity index (χ1n) is 35.1. The molecule has 0 unspecified atom stereocenters. The molecule has 0 saturated carbocycles. The third-order valence-corrected chi connectivity index (χ3v) is 23.5. The van der Waals surface area contributed by atoms with Gasteiger partial charge in [0.25, 0.3) is 5.69 Å². The predicted octanol–water partition coefficient (Wildman–Crippen LogP) is 22.9. The van der Waals surface area contributed by atoms with E-state index in [2.05, 4.69) is 115 Å². The van der Waals surface area contributed by atoms with Crippen molar-refractivity contribution >= 4 is 149 Å². The minimum atomic E-state index is -0.494. The monoisotopic (exact) mass is 1530 g/mol. The van der Waals surface area contributed by atoms with Crippen LogP contribution in [0.15, 0.2) is 91.3 Å². The quantitative estimate of drug-likeness (QED) is 0.0250. The molecule has 0 bridgehead atoms. The summed E-state index contributed by atoms with van der Waals surface area (Å²) in [6.45, 7) is 62.7. The molecule has 2 aliphatic heterocycles. The number of hydrogen-bond acceptors (Lipinski definition) is 27. The zero-order valence-corrected chi connectivity index (χ0v) is 68.2. The Morgan fingerprint density at radius 2 is 0.876 bits per heavy atom. The van der Waals surface area contributed by atoms with Gasteiger partial charge in [0.15, 0.2) is 45.4 Å². The second-order valence-electron chi connectivity index (χ2n) is 29.3. The SMILES string of the molecule is [C-]#[N+]c1c(-c2ccccc2)nsc1N=Nc1sc(N(CC)CCOC(=O)C(C)(C)CC)nc1C(C)(C)C.[C-]#[N+]c1c(C)nsc1N=Nc1sc(N2CCC(OC(=O)C(C)(C)CC)CC2)nc1-c1ccccc1.[C-]#[N+]c1c(C)nsc1N=Nc1sc(N2CCC(OC(=O)C(C)(C)CC)CC2)nc1C(C)(C)C. The van der Waals surface area contributed by atoms with Crippen LogP contribution in [0, 0.1) is 49.8 Å². The van der Waals surface area contributed by atoms with Gasteiger partial charge in [0.2, 0.25) is 11.4 Å². The molecule has 2 fully saturated rings. The first-order chi connectivity index (χ1) is 49.8. The molecule has 0 aliphatic carbocycles. The summed E-state index contributed by atoms with van der Waals surface area (Å²) in [6.07, 6.45) is 5.19. The molecule has 8 aromatic rings. The Labute approximate surface area is 641 Å². The van der Waals surface area contributed by atoms with Crippen LogP contribution in [0.3, 0.4) is 0 Å². The number of aryl methyl sites for hydroxylation is 2. The lowest BCUT2D eigenvalue weighted by Crippen LogP contribution is -2.39. The van der Waals surface area contributed by atoms with Crippen molar-refractivity contribution in [1.29, 1.82) is 0 Å². The fraction of sp³-hybridized carbons (Fsp3) is 0.520. The maximum Gasteiger partial charge on any atom is 0.311 e. The highest BCUT2D eigenvalue weighted by Crippen LogP contribution is 2.48. The third-order valence-electron chi connectivity index (χ3n) is 18.1. The van der Waals surface area contributed by atoms with Gasteiger partial charge in [-0.1, -0.05) is 157 Å². The summed E-state index contributed by atoms with van der Waals surface area (Å²) in [7, 11) is 0. The highest BCUT2D eigenvalue weighted by atomic mass is 32.1. The molecule has 30 heteroatoms. The zero-order chi connectivity index (χ0) is 76.6. The Morgan fingerprint density at radius 3 is 1.31 bits per heavy atom. The summed E-state index contributed by atoms with van der Waals surface area (Å²) >= 11 is 7.95.